The predicted octanol–water partition coefficient (Wildman–Crippen LogP) is 0.938. The zero-order valence-electron chi connectivity index (χ0n) is 14.0. The minimum Gasteiger partial charge on any atom is -0.423 e. The first kappa shape index (κ1) is 18.7. The summed E-state index contributed by atoms with van der Waals surface area (Å²) in [5, 5.41) is 20.9. The number of ether oxygens (including phenoxy) is 1. The van der Waals surface area contributed by atoms with Crippen LogP contribution >= 0.6 is 0 Å². The number of hydrogen-bond donors (Lipinski definition) is 3. The summed E-state index contributed by atoms with van der Waals surface area (Å²) in [6, 6.07) is 6.19. The van der Waals surface area contributed by atoms with Crippen LogP contribution in [0.5, 0.6) is 0 Å². The van der Waals surface area contributed by atoms with Crippen LogP contribution in [-0.4, -0.2) is 41.8 Å². The van der Waals surface area contributed by atoms with Crippen molar-refractivity contribution in [2.75, 3.05) is 13.2 Å². The van der Waals surface area contributed by atoms with Crippen molar-refractivity contribution < 1.29 is 19.6 Å². The van der Waals surface area contributed by atoms with Crippen LogP contribution in [0.4, 0.5) is 0 Å². The Bertz CT molecular complexity index is 492. The van der Waals surface area contributed by atoms with Gasteiger partial charge < -0.3 is 20.1 Å². The van der Waals surface area contributed by atoms with Crippen molar-refractivity contribution in [1.82, 2.24) is 5.32 Å². The fraction of sp³-hybridized carbons (Fsp3) is 0.562. The average molecular weight is 307 g/mol. The SMILES string of the molecule is CC(C)(CNC(=O)c1ccc(B(O)O)cc1)COC(C)(C)C. The first-order valence-corrected chi connectivity index (χ1v) is 7.38. The minimum atomic E-state index is -1.52. The van der Waals surface area contributed by atoms with E-state index in [4.69, 9.17) is 14.8 Å². The van der Waals surface area contributed by atoms with E-state index in [0.717, 1.165) is 0 Å². The van der Waals surface area contributed by atoms with E-state index in [1.54, 1.807) is 12.1 Å². The van der Waals surface area contributed by atoms with Crippen molar-refractivity contribution >= 4 is 18.5 Å². The second kappa shape index (κ2) is 7.27. The second-order valence-corrected chi connectivity index (χ2v) is 7.24. The third-order valence-electron chi connectivity index (χ3n) is 3.09. The molecule has 22 heavy (non-hydrogen) atoms. The van der Waals surface area contributed by atoms with Crippen molar-refractivity contribution in [2.24, 2.45) is 5.41 Å². The normalized spacial score (nSPS) is 12.1. The number of rotatable bonds is 6. The lowest BCUT2D eigenvalue weighted by atomic mass is 9.80. The molecule has 1 aromatic rings. The maximum absolute atomic E-state index is 12.1. The van der Waals surface area contributed by atoms with Crippen molar-refractivity contribution in [1.29, 1.82) is 0 Å². The van der Waals surface area contributed by atoms with Gasteiger partial charge in [0.1, 0.15) is 0 Å². The highest BCUT2D eigenvalue weighted by Gasteiger charge is 2.23. The third kappa shape index (κ3) is 6.60. The van der Waals surface area contributed by atoms with Crippen LogP contribution < -0.4 is 10.8 Å². The van der Waals surface area contributed by atoms with Gasteiger partial charge in [0.25, 0.3) is 5.91 Å². The summed E-state index contributed by atoms with van der Waals surface area (Å²) in [4.78, 5) is 12.1. The lowest BCUT2D eigenvalue weighted by Gasteiger charge is -2.29. The Kier molecular flexibility index (Phi) is 6.17. The monoisotopic (exact) mass is 307 g/mol. The Morgan fingerprint density at radius 1 is 1.14 bits per heavy atom. The molecule has 0 spiro atoms. The molecule has 0 unspecified atom stereocenters. The van der Waals surface area contributed by atoms with Gasteiger partial charge in [-0.1, -0.05) is 26.0 Å². The Morgan fingerprint density at radius 3 is 2.14 bits per heavy atom. The fourth-order valence-electron chi connectivity index (χ4n) is 1.69. The van der Waals surface area contributed by atoms with E-state index in [2.05, 4.69) is 5.32 Å². The molecule has 0 atom stereocenters. The van der Waals surface area contributed by atoms with Gasteiger partial charge >= 0.3 is 7.12 Å². The summed E-state index contributed by atoms with van der Waals surface area (Å²) in [5.74, 6) is -0.192. The van der Waals surface area contributed by atoms with Gasteiger partial charge in [-0.3, -0.25) is 4.79 Å². The second-order valence-electron chi connectivity index (χ2n) is 7.24. The zero-order chi connectivity index (χ0) is 17.0. The van der Waals surface area contributed by atoms with Crippen LogP contribution in [0.15, 0.2) is 24.3 Å². The van der Waals surface area contributed by atoms with Gasteiger partial charge in [0.2, 0.25) is 0 Å². The largest absolute Gasteiger partial charge is 0.488 e. The van der Waals surface area contributed by atoms with E-state index >= 15 is 0 Å². The molecule has 0 fully saturated rings. The van der Waals surface area contributed by atoms with Gasteiger partial charge in [-0.05, 0) is 38.4 Å². The van der Waals surface area contributed by atoms with Crippen LogP contribution in [-0.2, 0) is 4.74 Å². The molecule has 5 nitrogen and oxygen atoms in total. The smallest absolute Gasteiger partial charge is 0.423 e. The van der Waals surface area contributed by atoms with E-state index in [-0.39, 0.29) is 16.9 Å². The summed E-state index contributed by atoms with van der Waals surface area (Å²) >= 11 is 0. The van der Waals surface area contributed by atoms with Crippen molar-refractivity contribution in [3.63, 3.8) is 0 Å². The molecule has 0 aliphatic rings. The number of benzene rings is 1. The fourth-order valence-corrected chi connectivity index (χ4v) is 1.69. The summed E-state index contributed by atoms with van der Waals surface area (Å²) in [7, 11) is -1.52. The number of carbonyl (C=O) groups is 1. The average Bonchev–Trinajstić information content (AvgIpc) is 2.42. The molecule has 1 rings (SSSR count). The predicted molar refractivity (Wildman–Crippen MR) is 88.1 cm³/mol. The molecule has 1 aromatic carbocycles. The standard InChI is InChI=1S/C16H26BNO4/c1-15(2,3)22-11-16(4,5)10-18-14(19)12-6-8-13(9-7-12)17(20)21/h6-9,20-21H,10-11H2,1-5H3,(H,18,19). The lowest BCUT2D eigenvalue weighted by Crippen LogP contribution is -2.39. The van der Waals surface area contributed by atoms with Crippen molar-refractivity contribution in [3.05, 3.63) is 29.8 Å². The van der Waals surface area contributed by atoms with Crippen LogP contribution in [0.2, 0.25) is 0 Å². The van der Waals surface area contributed by atoms with Gasteiger partial charge in [-0.15, -0.1) is 0 Å². The number of hydrogen-bond acceptors (Lipinski definition) is 4. The highest BCUT2D eigenvalue weighted by Crippen LogP contribution is 2.18. The van der Waals surface area contributed by atoms with Gasteiger partial charge in [0, 0.05) is 17.5 Å². The molecular weight excluding hydrogens is 281 g/mol. The molecule has 122 valence electrons. The maximum atomic E-state index is 12.1. The first-order chi connectivity index (χ1) is 10.0. The molecular formula is C16H26BNO4. The molecule has 0 saturated heterocycles. The topological polar surface area (TPSA) is 78.8 Å². The Balaban J connectivity index is 2.54. The summed E-state index contributed by atoms with van der Waals surface area (Å²) in [6.45, 7) is 11.1. The summed E-state index contributed by atoms with van der Waals surface area (Å²) in [5.41, 5.74) is 0.458. The molecule has 0 bridgehead atoms. The summed E-state index contributed by atoms with van der Waals surface area (Å²) in [6.07, 6.45) is 0. The molecule has 1 amide bonds. The number of nitrogens with one attached hydrogen (secondary N) is 1. The van der Waals surface area contributed by atoms with Gasteiger partial charge in [0.15, 0.2) is 0 Å². The Hall–Kier alpha value is -1.37. The van der Waals surface area contributed by atoms with Gasteiger partial charge in [-0.25, -0.2) is 0 Å². The van der Waals surface area contributed by atoms with Crippen molar-refractivity contribution in [2.45, 2.75) is 40.2 Å². The van der Waals surface area contributed by atoms with Crippen LogP contribution in [0, 0.1) is 5.41 Å². The van der Waals surface area contributed by atoms with E-state index < -0.39 is 7.12 Å². The molecule has 3 N–H and O–H groups in total. The maximum Gasteiger partial charge on any atom is 0.488 e. The highest BCUT2D eigenvalue weighted by molar-refractivity contribution is 6.58. The molecule has 0 aromatic heterocycles. The zero-order valence-corrected chi connectivity index (χ0v) is 14.0. The molecule has 0 aliphatic heterocycles. The van der Waals surface area contributed by atoms with Crippen LogP contribution in [0.25, 0.3) is 0 Å². The van der Waals surface area contributed by atoms with Gasteiger partial charge in [-0.2, -0.15) is 0 Å². The Labute approximate surface area is 132 Å². The van der Waals surface area contributed by atoms with E-state index in [1.165, 1.54) is 12.1 Å². The molecule has 0 saturated carbocycles. The summed E-state index contributed by atoms with van der Waals surface area (Å²) < 4.78 is 5.77. The van der Waals surface area contributed by atoms with E-state index in [9.17, 15) is 4.79 Å². The number of carbonyl (C=O) groups excluding carboxylic acids is 1. The Morgan fingerprint density at radius 2 is 1.68 bits per heavy atom. The van der Waals surface area contributed by atoms with E-state index in [1.807, 2.05) is 34.6 Å². The van der Waals surface area contributed by atoms with Crippen molar-refractivity contribution in [3.8, 4) is 0 Å². The third-order valence-corrected chi connectivity index (χ3v) is 3.09. The minimum absolute atomic E-state index is 0.176. The highest BCUT2D eigenvalue weighted by atomic mass is 16.5. The van der Waals surface area contributed by atoms with Crippen LogP contribution in [0.3, 0.4) is 0 Å². The van der Waals surface area contributed by atoms with Gasteiger partial charge in [0.05, 0.1) is 12.2 Å². The molecule has 0 aliphatic carbocycles. The quantitative estimate of drug-likeness (QED) is 0.683. The molecule has 0 heterocycles. The first-order valence-electron chi connectivity index (χ1n) is 7.38. The van der Waals surface area contributed by atoms with Crippen LogP contribution in [0.1, 0.15) is 45.0 Å². The molecule has 6 heteroatoms. The lowest BCUT2D eigenvalue weighted by molar-refractivity contribution is -0.0419. The van der Waals surface area contributed by atoms with E-state index in [0.29, 0.717) is 24.2 Å². The number of amides is 1. The molecule has 0 radical (unpaired) electrons.